The fraction of sp³-hybridized carbons (Fsp3) is 0.250. The van der Waals surface area contributed by atoms with Crippen molar-refractivity contribution in [3.8, 4) is 0 Å². The summed E-state index contributed by atoms with van der Waals surface area (Å²) in [4.78, 5) is 13.2. The summed E-state index contributed by atoms with van der Waals surface area (Å²) in [6.07, 6.45) is 1.31. The van der Waals surface area contributed by atoms with E-state index in [0.717, 1.165) is 32.8 Å². The predicted octanol–water partition coefficient (Wildman–Crippen LogP) is 3.62. The molecule has 0 unspecified atom stereocenters. The Morgan fingerprint density at radius 1 is 1.30 bits per heavy atom. The standard InChI is InChI=1S/C16H16N2OS/c1-3-12-9-13(18(2)17-12)10-14(19)16-8-11-6-4-5-7-15(11)20-16/h4-9H,3,10H2,1-2H3. The van der Waals surface area contributed by atoms with Crippen LogP contribution in [0.2, 0.25) is 0 Å². The summed E-state index contributed by atoms with van der Waals surface area (Å²) in [5.41, 5.74) is 2.01. The second-order valence-corrected chi connectivity index (χ2v) is 5.94. The second-order valence-electron chi connectivity index (χ2n) is 4.85. The molecule has 3 rings (SSSR count). The highest BCUT2D eigenvalue weighted by molar-refractivity contribution is 7.20. The minimum atomic E-state index is 0.164. The fourth-order valence-electron chi connectivity index (χ4n) is 2.28. The number of nitrogens with zero attached hydrogens (tertiary/aromatic N) is 2. The van der Waals surface area contributed by atoms with E-state index in [1.807, 2.05) is 42.1 Å². The van der Waals surface area contributed by atoms with Crippen LogP contribution >= 0.6 is 11.3 Å². The SMILES string of the molecule is CCc1cc(CC(=O)c2cc3ccccc3s2)n(C)n1. The molecule has 0 aliphatic carbocycles. The van der Waals surface area contributed by atoms with Crippen molar-refractivity contribution in [3.05, 3.63) is 52.7 Å². The van der Waals surface area contributed by atoms with Gasteiger partial charge in [-0.3, -0.25) is 9.48 Å². The maximum Gasteiger partial charge on any atom is 0.178 e. The summed E-state index contributed by atoms with van der Waals surface area (Å²) < 4.78 is 2.97. The van der Waals surface area contributed by atoms with Crippen LogP contribution in [0, 0.1) is 0 Å². The maximum atomic E-state index is 12.4. The third kappa shape index (κ3) is 2.39. The largest absolute Gasteiger partial charge is 0.293 e. The lowest BCUT2D eigenvalue weighted by molar-refractivity contribution is 0.0994. The number of carbonyl (C=O) groups is 1. The highest BCUT2D eigenvalue weighted by Gasteiger charge is 2.14. The first-order valence-corrected chi connectivity index (χ1v) is 7.52. The molecule has 0 bridgehead atoms. The summed E-state index contributed by atoms with van der Waals surface area (Å²) in [5.74, 6) is 0.164. The zero-order valence-electron chi connectivity index (χ0n) is 11.6. The molecule has 4 heteroatoms. The number of Topliss-reactive ketones (excluding diaryl/α,β-unsaturated/α-hetero) is 1. The van der Waals surface area contributed by atoms with E-state index in [2.05, 4.69) is 18.1 Å². The fourth-order valence-corrected chi connectivity index (χ4v) is 3.28. The topological polar surface area (TPSA) is 34.9 Å². The van der Waals surface area contributed by atoms with Crippen molar-refractivity contribution in [1.82, 2.24) is 9.78 Å². The molecule has 0 aliphatic heterocycles. The first kappa shape index (κ1) is 13.1. The quantitative estimate of drug-likeness (QED) is 0.686. The van der Waals surface area contributed by atoms with Crippen LogP contribution in [0.15, 0.2) is 36.4 Å². The Balaban J connectivity index is 1.86. The van der Waals surface area contributed by atoms with E-state index in [1.54, 1.807) is 11.3 Å². The van der Waals surface area contributed by atoms with Crippen molar-refractivity contribution in [2.24, 2.45) is 7.05 Å². The zero-order chi connectivity index (χ0) is 14.1. The van der Waals surface area contributed by atoms with Gasteiger partial charge in [0.2, 0.25) is 0 Å². The molecule has 0 saturated carbocycles. The molecule has 0 amide bonds. The number of fused-ring (bicyclic) bond motifs is 1. The van der Waals surface area contributed by atoms with Crippen molar-refractivity contribution < 1.29 is 4.79 Å². The summed E-state index contributed by atoms with van der Waals surface area (Å²) in [6, 6.07) is 12.1. The van der Waals surface area contributed by atoms with Crippen LogP contribution in [0.1, 0.15) is 28.0 Å². The molecule has 102 valence electrons. The molecule has 2 aromatic heterocycles. The molecule has 1 aromatic carbocycles. The van der Waals surface area contributed by atoms with Crippen LogP contribution in [0.4, 0.5) is 0 Å². The van der Waals surface area contributed by atoms with Crippen molar-refractivity contribution in [3.63, 3.8) is 0 Å². The normalized spacial score (nSPS) is 11.1. The summed E-state index contributed by atoms with van der Waals surface area (Å²) >= 11 is 1.56. The van der Waals surface area contributed by atoms with Gasteiger partial charge in [-0.25, -0.2) is 0 Å². The molecule has 0 fully saturated rings. The van der Waals surface area contributed by atoms with Gasteiger partial charge < -0.3 is 0 Å². The molecule has 0 spiro atoms. The number of rotatable bonds is 4. The Morgan fingerprint density at radius 3 is 2.80 bits per heavy atom. The lowest BCUT2D eigenvalue weighted by atomic mass is 10.1. The molecule has 3 aromatic rings. The molecule has 0 atom stereocenters. The number of benzene rings is 1. The van der Waals surface area contributed by atoms with E-state index in [-0.39, 0.29) is 5.78 Å². The van der Waals surface area contributed by atoms with E-state index < -0.39 is 0 Å². The van der Waals surface area contributed by atoms with Crippen molar-refractivity contribution >= 4 is 27.2 Å². The van der Waals surface area contributed by atoms with Gasteiger partial charge in [-0.05, 0) is 30.0 Å². The molecule has 2 heterocycles. The van der Waals surface area contributed by atoms with Crippen LogP contribution in [-0.4, -0.2) is 15.6 Å². The Hall–Kier alpha value is -1.94. The average molecular weight is 284 g/mol. The van der Waals surface area contributed by atoms with Crippen molar-refractivity contribution in [1.29, 1.82) is 0 Å². The maximum absolute atomic E-state index is 12.4. The van der Waals surface area contributed by atoms with Gasteiger partial charge in [-0.15, -0.1) is 11.3 Å². The Bertz CT molecular complexity index is 737. The minimum absolute atomic E-state index is 0.164. The van der Waals surface area contributed by atoms with Crippen LogP contribution in [-0.2, 0) is 19.9 Å². The number of thiophene rings is 1. The lowest BCUT2D eigenvalue weighted by Gasteiger charge is -1.99. The number of aryl methyl sites for hydroxylation is 2. The van der Waals surface area contributed by atoms with Crippen molar-refractivity contribution in [2.45, 2.75) is 19.8 Å². The summed E-state index contributed by atoms with van der Waals surface area (Å²) in [7, 11) is 1.90. The van der Waals surface area contributed by atoms with E-state index in [0.29, 0.717) is 6.42 Å². The first-order valence-electron chi connectivity index (χ1n) is 6.71. The summed E-state index contributed by atoms with van der Waals surface area (Å²) in [6.45, 7) is 2.07. The third-order valence-electron chi connectivity index (χ3n) is 3.43. The molecule has 0 aliphatic rings. The highest BCUT2D eigenvalue weighted by atomic mass is 32.1. The van der Waals surface area contributed by atoms with Gasteiger partial charge in [0, 0.05) is 17.4 Å². The Labute approximate surface area is 121 Å². The average Bonchev–Trinajstić information content (AvgIpc) is 3.02. The minimum Gasteiger partial charge on any atom is -0.293 e. The molecule has 3 nitrogen and oxygen atoms in total. The number of aromatic nitrogens is 2. The van der Waals surface area contributed by atoms with Gasteiger partial charge in [-0.2, -0.15) is 5.10 Å². The Morgan fingerprint density at radius 2 is 2.10 bits per heavy atom. The molecule has 0 saturated heterocycles. The van der Waals surface area contributed by atoms with Crippen LogP contribution in [0.3, 0.4) is 0 Å². The number of ketones is 1. The highest BCUT2D eigenvalue weighted by Crippen LogP contribution is 2.26. The number of hydrogen-bond acceptors (Lipinski definition) is 3. The van der Waals surface area contributed by atoms with E-state index >= 15 is 0 Å². The smallest absolute Gasteiger partial charge is 0.178 e. The van der Waals surface area contributed by atoms with Gasteiger partial charge >= 0.3 is 0 Å². The van der Waals surface area contributed by atoms with Gasteiger partial charge in [0.15, 0.2) is 5.78 Å². The number of carbonyl (C=O) groups excluding carboxylic acids is 1. The van der Waals surface area contributed by atoms with Crippen LogP contribution in [0.5, 0.6) is 0 Å². The van der Waals surface area contributed by atoms with Crippen LogP contribution < -0.4 is 0 Å². The molecular formula is C16H16N2OS. The van der Waals surface area contributed by atoms with E-state index in [1.165, 1.54) is 0 Å². The van der Waals surface area contributed by atoms with E-state index in [4.69, 9.17) is 0 Å². The lowest BCUT2D eigenvalue weighted by Crippen LogP contribution is -2.06. The monoisotopic (exact) mass is 284 g/mol. The Kier molecular flexibility index (Phi) is 3.40. The van der Waals surface area contributed by atoms with Gasteiger partial charge in [0.05, 0.1) is 17.0 Å². The first-order chi connectivity index (χ1) is 9.67. The molecule has 0 radical (unpaired) electrons. The summed E-state index contributed by atoms with van der Waals surface area (Å²) in [5, 5.41) is 5.53. The second kappa shape index (κ2) is 5.21. The predicted molar refractivity (Wildman–Crippen MR) is 82.4 cm³/mol. The van der Waals surface area contributed by atoms with Gasteiger partial charge in [-0.1, -0.05) is 25.1 Å². The number of hydrogen-bond donors (Lipinski definition) is 0. The zero-order valence-corrected chi connectivity index (χ0v) is 12.4. The van der Waals surface area contributed by atoms with Gasteiger partial charge in [0.1, 0.15) is 0 Å². The molecule has 0 N–H and O–H groups in total. The molecular weight excluding hydrogens is 268 g/mol. The molecule has 20 heavy (non-hydrogen) atoms. The van der Waals surface area contributed by atoms with Crippen molar-refractivity contribution in [2.75, 3.05) is 0 Å². The third-order valence-corrected chi connectivity index (χ3v) is 4.59. The van der Waals surface area contributed by atoms with Gasteiger partial charge in [0.25, 0.3) is 0 Å². The van der Waals surface area contributed by atoms with Crippen LogP contribution in [0.25, 0.3) is 10.1 Å². The van der Waals surface area contributed by atoms with E-state index in [9.17, 15) is 4.79 Å².